The van der Waals surface area contributed by atoms with Gasteiger partial charge in [-0.3, -0.25) is 9.62 Å². The van der Waals surface area contributed by atoms with Crippen LogP contribution < -0.4 is 4.72 Å². The van der Waals surface area contributed by atoms with E-state index in [2.05, 4.69) is 9.62 Å². The number of benzene rings is 1. The minimum atomic E-state index is -3.79. The smallest absolute Gasteiger partial charge is 0.263 e. The molecule has 9 heteroatoms. The number of aryl methyl sites for hydroxylation is 1. The van der Waals surface area contributed by atoms with E-state index in [0.29, 0.717) is 16.3 Å². The fourth-order valence-electron chi connectivity index (χ4n) is 2.93. The predicted octanol–water partition coefficient (Wildman–Crippen LogP) is 4.04. The minimum absolute atomic E-state index is 0.0638. The molecule has 1 aromatic heterocycles. The van der Waals surface area contributed by atoms with Gasteiger partial charge < -0.3 is 4.74 Å². The number of hydrogen-bond acceptors (Lipinski definition) is 5. The zero-order valence-corrected chi connectivity index (χ0v) is 17.4. The van der Waals surface area contributed by atoms with E-state index in [4.69, 9.17) is 27.9 Å². The third kappa shape index (κ3) is 4.71. The highest BCUT2D eigenvalue weighted by atomic mass is 35.5. The number of halogens is 2. The van der Waals surface area contributed by atoms with Crippen LogP contribution in [0.25, 0.3) is 0 Å². The second-order valence-electron chi connectivity index (χ2n) is 6.15. The molecule has 1 fully saturated rings. The molecular formula is C17H20Cl2N2O3S2. The van der Waals surface area contributed by atoms with Crippen LogP contribution in [0.3, 0.4) is 0 Å². The van der Waals surface area contributed by atoms with Crippen molar-refractivity contribution in [2.45, 2.75) is 18.2 Å². The lowest BCUT2D eigenvalue weighted by Crippen LogP contribution is -2.37. The average Bonchev–Trinajstić information content (AvgIpc) is 2.99. The molecule has 0 unspecified atom stereocenters. The normalized spacial score (nSPS) is 16.0. The fourth-order valence-corrected chi connectivity index (χ4v) is 6.11. The van der Waals surface area contributed by atoms with Gasteiger partial charge in [-0.25, -0.2) is 8.42 Å². The Morgan fingerprint density at radius 1 is 1.23 bits per heavy atom. The summed E-state index contributed by atoms with van der Waals surface area (Å²) in [6.45, 7) is 5.86. The molecule has 1 aromatic carbocycles. The molecule has 26 heavy (non-hydrogen) atoms. The van der Waals surface area contributed by atoms with Gasteiger partial charge in [0.25, 0.3) is 10.0 Å². The Morgan fingerprint density at radius 2 is 1.96 bits per heavy atom. The lowest BCUT2D eigenvalue weighted by molar-refractivity contribution is 0.0385. The second-order valence-corrected chi connectivity index (χ2v) is 9.36. The summed E-state index contributed by atoms with van der Waals surface area (Å²) >= 11 is 13.6. The first-order chi connectivity index (χ1) is 12.4. The van der Waals surface area contributed by atoms with E-state index in [1.165, 1.54) is 17.4 Å². The molecule has 0 atom stereocenters. The van der Waals surface area contributed by atoms with Gasteiger partial charge in [-0.1, -0.05) is 23.2 Å². The van der Waals surface area contributed by atoms with Crippen molar-refractivity contribution < 1.29 is 13.2 Å². The Bertz CT molecular complexity index is 855. The highest BCUT2D eigenvalue weighted by Gasteiger charge is 2.23. The van der Waals surface area contributed by atoms with Crippen LogP contribution in [0.15, 0.2) is 27.8 Å². The predicted molar refractivity (Wildman–Crippen MR) is 107 cm³/mol. The van der Waals surface area contributed by atoms with Gasteiger partial charge in [-0.2, -0.15) is 0 Å². The van der Waals surface area contributed by atoms with Crippen molar-refractivity contribution in [2.24, 2.45) is 0 Å². The van der Waals surface area contributed by atoms with Gasteiger partial charge in [0.1, 0.15) is 4.90 Å². The molecule has 5 nitrogen and oxygen atoms in total. The molecule has 142 valence electrons. The molecule has 3 rings (SSSR count). The van der Waals surface area contributed by atoms with E-state index in [9.17, 15) is 8.42 Å². The third-order valence-corrected chi connectivity index (χ3v) is 7.24. The van der Waals surface area contributed by atoms with Crippen molar-refractivity contribution in [3.8, 4) is 0 Å². The third-order valence-electron chi connectivity index (χ3n) is 4.25. The first-order valence-electron chi connectivity index (χ1n) is 8.20. The highest BCUT2D eigenvalue weighted by Crippen LogP contribution is 2.32. The van der Waals surface area contributed by atoms with Gasteiger partial charge in [-0.05, 0) is 42.0 Å². The summed E-state index contributed by atoms with van der Waals surface area (Å²) in [5.74, 6) is 0. The highest BCUT2D eigenvalue weighted by molar-refractivity contribution is 7.93. The molecule has 1 N–H and O–H groups in total. The molecule has 0 amide bonds. The van der Waals surface area contributed by atoms with Gasteiger partial charge in [0.15, 0.2) is 0 Å². The average molecular weight is 435 g/mol. The molecule has 0 aliphatic carbocycles. The monoisotopic (exact) mass is 434 g/mol. The number of ether oxygens (including phenoxy) is 1. The SMILES string of the molecule is Cc1cc(Cl)cc(Cl)c1S(=O)(=O)Nc1cscc1CCN1CCOCC1. The van der Waals surface area contributed by atoms with Gasteiger partial charge in [-0.15, -0.1) is 11.3 Å². The minimum Gasteiger partial charge on any atom is -0.379 e. The van der Waals surface area contributed by atoms with Gasteiger partial charge in [0.2, 0.25) is 0 Å². The number of sulfonamides is 1. The zero-order valence-electron chi connectivity index (χ0n) is 14.3. The Balaban J connectivity index is 1.76. The topological polar surface area (TPSA) is 58.6 Å². The molecular weight excluding hydrogens is 415 g/mol. The van der Waals surface area contributed by atoms with Crippen LogP contribution >= 0.6 is 34.5 Å². The van der Waals surface area contributed by atoms with Crippen LogP contribution in [0.1, 0.15) is 11.1 Å². The van der Waals surface area contributed by atoms with Crippen LogP contribution in [0.2, 0.25) is 10.0 Å². The quantitative estimate of drug-likeness (QED) is 0.744. The van der Waals surface area contributed by atoms with E-state index >= 15 is 0 Å². The van der Waals surface area contributed by atoms with E-state index in [1.54, 1.807) is 13.0 Å². The molecule has 0 radical (unpaired) electrons. The van der Waals surface area contributed by atoms with Crippen molar-refractivity contribution in [1.82, 2.24) is 4.90 Å². The van der Waals surface area contributed by atoms with E-state index < -0.39 is 10.0 Å². The van der Waals surface area contributed by atoms with Crippen LogP contribution in [0.4, 0.5) is 5.69 Å². The number of morpholine rings is 1. The maximum atomic E-state index is 12.8. The maximum absolute atomic E-state index is 12.8. The summed E-state index contributed by atoms with van der Waals surface area (Å²) in [6, 6.07) is 3.03. The van der Waals surface area contributed by atoms with Crippen molar-refractivity contribution >= 4 is 50.2 Å². The largest absolute Gasteiger partial charge is 0.379 e. The first-order valence-corrected chi connectivity index (χ1v) is 11.4. The maximum Gasteiger partial charge on any atom is 0.263 e. The van der Waals surface area contributed by atoms with Crippen LogP contribution in [-0.4, -0.2) is 46.2 Å². The fraction of sp³-hybridized carbons (Fsp3) is 0.412. The lowest BCUT2D eigenvalue weighted by Gasteiger charge is -2.26. The van der Waals surface area contributed by atoms with E-state index in [-0.39, 0.29) is 9.92 Å². The Kier molecular flexibility index (Phi) is 6.48. The number of anilines is 1. The molecule has 0 bridgehead atoms. The molecule has 2 heterocycles. The molecule has 1 aliphatic heterocycles. The van der Waals surface area contributed by atoms with Gasteiger partial charge in [0.05, 0.1) is 23.9 Å². The van der Waals surface area contributed by atoms with Gasteiger partial charge in [0, 0.05) is 30.0 Å². The second kappa shape index (κ2) is 8.46. The van der Waals surface area contributed by atoms with Crippen LogP contribution in [0.5, 0.6) is 0 Å². The number of rotatable bonds is 6. The standard InChI is InChI=1S/C17H20Cl2N2O3S2/c1-12-8-14(18)9-15(19)17(12)26(22,23)20-16-11-25-10-13(16)2-3-21-4-6-24-7-5-21/h8-11,20H,2-7H2,1H3. The van der Waals surface area contributed by atoms with Gasteiger partial charge >= 0.3 is 0 Å². The van der Waals surface area contributed by atoms with E-state index in [1.807, 2.05) is 10.8 Å². The van der Waals surface area contributed by atoms with E-state index in [0.717, 1.165) is 44.8 Å². The van der Waals surface area contributed by atoms with Crippen molar-refractivity contribution in [2.75, 3.05) is 37.6 Å². The van der Waals surface area contributed by atoms with Crippen LogP contribution in [0, 0.1) is 6.92 Å². The number of nitrogens with zero attached hydrogens (tertiary/aromatic N) is 1. The molecule has 2 aromatic rings. The van der Waals surface area contributed by atoms with Crippen molar-refractivity contribution in [3.63, 3.8) is 0 Å². The summed E-state index contributed by atoms with van der Waals surface area (Å²) in [5, 5.41) is 4.32. The summed E-state index contributed by atoms with van der Waals surface area (Å²) < 4.78 is 33.7. The Labute approximate surface area is 167 Å². The van der Waals surface area contributed by atoms with Crippen molar-refractivity contribution in [3.05, 3.63) is 44.1 Å². The summed E-state index contributed by atoms with van der Waals surface area (Å²) in [5.41, 5.74) is 2.10. The number of thiophene rings is 1. The number of hydrogen-bond donors (Lipinski definition) is 1. The number of nitrogens with one attached hydrogen (secondary N) is 1. The zero-order chi connectivity index (χ0) is 18.7. The molecule has 1 saturated heterocycles. The molecule has 1 aliphatic rings. The molecule has 0 spiro atoms. The Morgan fingerprint density at radius 3 is 2.65 bits per heavy atom. The summed E-state index contributed by atoms with van der Waals surface area (Å²) in [6.07, 6.45) is 0.773. The lowest BCUT2D eigenvalue weighted by atomic mass is 10.2. The summed E-state index contributed by atoms with van der Waals surface area (Å²) in [4.78, 5) is 2.38. The van der Waals surface area contributed by atoms with Crippen molar-refractivity contribution in [1.29, 1.82) is 0 Å². The molecule has 0 saturated carbocycles. The Hall–Kier alpha value is -0.830. The van der Waals surface area contributed by atoms with Crippen LogP contribution in [-0.2, 0) is 21.2 Å². The first kappa shape index (κ1) is 19.9. The summed E-state index contributed by atoms with van der Waals surface area (Å²) in [7, 11) is -3.79.